The van der Waals surface area contributed by atoms with Crippen molar-refractivity contribution in [3.8, 4) is 17.0 Å². The molecule has 0 saturated carbocycles. The number of aryl methyl sites for hydroxylation is 1. The van der Waals surface area contributed by atoms with Crippen LogP contribution in [-0.4, -0.2) is 28.4 Å². The van der Waals surface area contributed by atoms with E-state index in [1.54, 1.807) is 11.8 Å². The number of aromatic nitrogens is 3. The van der Waals surface area contributed by atoms with E-state index in [-0.39, 0.29) is 0 Å². The lowest BCUT2D eigenvalue weighted by Crippen LogP contribution is -2.04. The molecule has 0 radical (unpaired) electrons. The van der Waals surface area contributed by atoms with E-state index in [2.05, 4.69) is 17.2 Å². The second-order valence-corrected chi connectivity index (χ2v) is 4.57. The van der Waals surface area contributed by atoms with E-state index < -0.39 is 0 Å². The fourth-order valence-electron chi connectivity index (χ4n) is 2.19. The molecule has 20 heavy (non-hydrogen) atoms. The molecule has 106 valence electrons. The molecule has 0 unspecified atom stereocenters. The van der Waals surface area contributed by atoms with Gasteiger partial charge >= 0.3 is 0 Å². The number of ether oxygens (including phenoxy) is 1. The zero-order chi connectivity index (χ0) is 14.4. The van der Waals surface area contributed by atoms with Crippen molar-refractivity contribution in [2.24, 2.45) is 0 Å². The zero-order valence-corrected chi connectivity index (χ0v) is 11.9. The average Bonchev–Trinajstić information content (AvgIpc) is 2.90. The summed E-state index contributed by atoms with van der Waals surface area (Å²) in [4.78, 5) is 11.2. The average molecular weight is 273 g/mol. The highest BCUT2D eigenvalue weighted by Crippen LogP contribution is 2.30. The lowest BCUT2D eigenvalue weighted by molar-refractivity contribution is 0.111. The lowest BCUT2D eigenvalue weighted by Gasteiger charge is -2.10. The van der Waals surface area contributed by atoms with Crippen LogP contribution in [0, 0.1) is 0 Å². The van der Waals surface area contributed by atoms with Gasteiger partial charge in [-0.1, -0.05) is 37.1 Å². The van der Waals surface area contributed by atoms with E-state index in [4.69, 9.17) is 4.74 Å². The monoisotopic (exact) mass is 273 g/mol. The Kier molecular flexibility index (Phi) is 4.87. The fourth-order valence-corrected chi connectivity index (χ4v) is 2.19. The normalized spacial score (nSPS) is 10.5. The predicted octanol–water partition coefficient (Wildman–Crippen LogP) is 2.96. The van der Waals surface area contributed by atoms with Gasteiger partial charge in [0.2, 0.25) is 0 Å². The zero-order valence-electron chi connectivity index (χ0n) is 11.9. The van der Waals surface area contributed by atoms with Crippen molar-refractivity contribution in [1.29, 1.82) is 0 Å². The number of hydrogen-bond donors (Lipinski definition) is 0. The first-order chi connectivity index (χ1) is 9.81. The number of unbranched alkanes of at least 4 members (excludes halogenated alkanes) is 2. The molecule has 1 heterocycles. The molecule has 5 heteroatoms. The van der Waals surface area contributed by atoms with Gasteiger partial charge in [-0.15, -0.1) is 5.10 Å². The summed E-state index contributed by atoms with van der Waals surface area (Å²) in [5, 5.41) is 8.04. The van der Waals surface area contributed by atoms with Gasteiger partial charge in [0.1, 0.15) is 11.4 Å². The lowest BCUT2D eigenvalue weighted by atomic mass is 10.1. The van der Waals surface area contributed by atoms with Crippen LogP contribution in [0.4, 0.5) is 0 Å². The first-order valence-electron chi connectivity index (χ1n) is 6.83. The molecule has 0 bridgehead atoms. The molecule has 0 amide bonds. The standard InChI is InChI=1S/C15H19N3O2/c1-3-4-7-10-18-15(13(11-19)16-17-18)12-8-5-6-9-14(12)20-2/h5-6,8-9,11H,3-4,7,10H2,1-2H3. The van der Waals surface area contributed by atoms with Crippen molar-refractivity contribution in [3.63, 3.8) is 0 Å². The molecule has 0 atom stereocenters. The summed E-state index contributed by atoms with van der Waals surface area (Å²) in [5.74, 6) is 0.717. The summed E-state index contributed by atoms with van der Waals surface area (Å²) in [6.45, 7) is 2.90. The molecule has 0 N–H and O–H groups in total. The summed E-state index contributed by atoms with van der Waals surface area (Å²) < 4.78 is 7.15. The number of aldehydes is 1. The highest BCUT2D eigenvalue weighted by atomic mass is 16.5. The van der Waals surface area contributed by atoms with E-state index in [9.17, 15) is 4.79 Å². The maximum absolute atomic E-state index is 11.2. The van der Waals surface area contributed by atoms with Crippen LogP contribution >= 0.6 is 0 Å². The van der Waals surface area contributed by atoms with Crippen LogP contribution in [0.1, 0.15) is 36.7 Å². The molecule has 2 rings (SSSR count). The van der Waals surface area contributed by atoms with Gasteiger partial charge < -0.3 is 4.74 Å². The molecular weight excluding hydrogens is 254 g/mol. The Balaban J connectivity index is 2.42. The Labute approximate surface area is 118 Å². The van der Waals surface area contributed by atoms with E-state index >= 15 is 0 Å². The van der Waals surface area contributed by atoms with E-state index in [0.717, 1.165) is 49.1 Å². The van der Waals surface area contributed by atoms with Gasteiger partial charge in [0.15, 0.2) is 12.0 Å². The van der Waals surface area contributed by atoms with Gasteiger partial charge in [-0.25, -0.2) is 4.68 Å². The molecule has 1 aromatic carbocycles. The predicted molar refractivity (Wildman–Crippen MR) is 76.9 cm³/mol. The molecule has 0 fully saturated rings. The van der Waals surface area contributed by atoms with Crippen molar-refractivity contribution in [1.82, 2.24) is 15.0 Å². The van der Waals surface area contributed by atoms with Gasteiger partial charge in [0.05, 0.1) is 7.11 Å². The minimum Gasteiger partial charge on any atom is -0.496 e. The summed E-state index contributed by atoms with van der Waals surface area (Å²) in [5.41, 5.74) is 1.93. The number of hydrogen-bond acceptors (Lipinski definition) is 4. The number of benzene rings is 1. The van der Waals surface area contributed by atoms with E-state index in [0.29, 0.717) is 5.69 Å². The van der Waals surface area contributed by atoms with Crippen LogP contribution in [0.5, 0.6) is 5.75 Å². The smallest absolute Gasteiger partial charge is 0.172 e. The molecule has 5 nitrogen and oxygen atoms in total. The minimum absolute atomic E-state index is 0.353. The number of carbonyl (C=O) groups is 1. The van der Waals surface area contributed by atoms with Crippen molar-refractivity contribution >= 4 is 6.29 Å². The maximum atomic E-state index is 11.2. The third kappa shape index (κ3) is 2.87. The van der Waals surface area contributed by atoms with Gasteiger partial charge in [-0.3, -0.25) is 4.79 Å². The van der Waals surface area contributed by atoms with Crippen LogP contribution in [0.2, 0.25) is 0 Å². The van der Waals surface area contributed by atoms with Gasteiger partial charge in [-0.05, 0) is 18.6 Å². The van der Waals surface area contributed by atoms with Gasteiger partial charge in [0, 0.05) is 12.1 Å². The molecule has 0 saturated heterocycles. The number of para-hydroxylation sites is 1. The summed E-state index contributed by atoms with van der Waals surface area (Å²) >= 11 is 0. The van der Waals surface area contributed by atoms with E-state index in [1.807, 2.05) is 24.3 Å². The maximum Gasteiger partial charge on any atom is 0.172 e. The van der Waals surface area contributed by atoms with Gasteiger partial charge in [0.25, 0.3) is 0 Å². The molecular formula is C15H19N3O2. The third-order valence-electron chi connectivity index (χ3n) is 3.21. The van der Waals surface area contributed by atoms with E-state index in [1.165, 1.54) is 0 Å². The van der Waals surface area contributed by atoms with Crippen molar-refractivity contribution < 1.29 is 9.53 Å². The van der Waals surface area contributed by atoms with Crippen LogP contribution in [0.15, 0.2) is 24.3 Å². The molecule has 2 aromatic rings. The van der Waals surface area contributed by atoms with Crippen molar-refractivity contribution in [3.05, 3.63) is 30.0 Å². The molecule has 0 aliphatic rings. The van der Waals surface area contributed by atoms with Crippen LogP contribution in [0.3, 0.4) is 0 Å². The third-order valence-corrected chi connectivity index (χ3v) is 3.21. The van der Waals surface area contributed by atoms with Crippen LogP contribution < -0.4 is 4.74 Å². The first kappa shape index (κ1) is 14.2. The minimum atomic E-state index is 0.353. The Morgan fingerprint density at radius 1 is 1.30 bits per heavy atom. The largest absolute Gasteiger partial charge is 0.496 e. The van der Waals surface area contributed by atoms with Crippen LogP contribution in [0.25, 0.3) is 11.3 Å². The Bertz CT molecular complexity index is 578. The molecule has 0 aliphatic carbocycles. The second-order valence-electron chi connectivity index (χ2n) is 4.57. The summed E-state index contributed by atoms with van der Waals surface area (Å²) in [6, 6.07) is 7.60. The quantitative estimate of drug-likeness (QED) is 0.575. The highest BCUT2D eigenvalue weighted by Gasteiger charge is 2.17. The summed E-state index contributed by atoms with van der Waals surface area (Å²) in [7, 11) is 1.62. The SMILES string of the molecule is CCCCCn1nnc(C=O)c1-c1ccccc1OC. The molecule has 0 aliphatic heterocycles. The number of methoxy groups -OCH3 is 1. The number of carbonyl (C=O) groups excluding carboxylic acids is 1. The second kappa shape index (κ2) is 6.84. The molecule has 1 aromatic heterocycles. The highest BCUT2D eigenvalue weighted by molar-refractivity contribution is 5.85. The topological polar surface area (TPSA) is 57.0 Å². The number of nitrogens with zero attached hydrogens (tertiary/aromatic N) is 3. The van der Waals surface area contributed by atoms with Gasteiger partial charge in [-0.2, -0.15) is 0 Å². The van der Waals surface area contributed by atoms with Crippen molar-refractivity contribution in [2.75, 3.05) is 7.11 Å². The first-order valence-corrected chi connectivity index (χ1v) is 6.83. The summed E-state index contributed by atoms with van der Waals surface area (Å²) in [6.07, 6.45) is 4.02. The Morgan fingerprint density at radius 3 is 2.80 bits per heavy atom. The van der Waals surface area contributed by atoms with Crippen LogP contribution in [-0.2, 0) is 6.54 Å². The Morgan fingerprint density at radius 2 is 2.10 bits per heavy atom. The number of rotatable bonds is 7. The molecule has 0 spiro atoms. The van der Waals surface area contributed by atoms with Crippen molar-refractivity contribution in [2.45, 2.75) is 32.7 Å². The Hall–Kier alpha value is -2.17. The fraction of sp³-hybridized carbons (Fsp3) is 0.400.